The summed E-state index contributed by atoms with van der Waals surface area (Å²) < 4.78 is 0. The fraction of sp³-hybridized carbons (Fsp3) is 0.308. The highest BCUT2D eigenvalue weighted by Crippen LogP contribution is 2.15. The lowest BCUT2D eigenvalue weighted by Crippen LogP contribution is -1.98. The third-order valence-corrected chi connectivity index (χ3v) is 2.48. The van der Waals surface area contributed by atoms with Crippen LogP contribution in [0, 0.1) is 13.8 Å². The molecule has 1 aromatic carbocycles. The molecule has 2 aromatic rings. The van der Waals surface area contributed by atoms with Gasteiger partial charge in [-0.15, -0.1) is 0 Å². The Morgan fingerprint density at radius 2 is 1.44 bits per heavy atom. The Bertz CT molecular complexity index is 469. The van der Waals surface area contributed by atoms with Crippen LogP contribution in [0.5, 0.6) is 0 Å². The van der Waals surface area contributed by atoms with Gasteiger partial charge in [-0.3, -0.25) is 0 Å². The van der Waals surface area contributed by atoms with Crippen molar-refractivity contribution in [3.63, 3.8) is 0 Å². The van der Waals surface area contributed by atoms with Crippen LogP contribution in [-0.2, 0) is 6.42 Å². The van der Waals surface area contributed by atoms with Gasteiger partial charge >= 0.3 is 0 Å². The molecule has 0 aliphatic carbocycles. The van der Waals surface area contributed by atoms with Crippen LogP contribution < -0.4 is 0 Å². The van der Waals surface area contributed by atoms with E-state index in [1.807, 2.05) is 13.8 Å². The molecule has 0 N–H and O–H groups in total. The molecule has 0 spiro atoms. The largest absolute Gasteiger partial charge is 0.219 e. The fourth-order valence-corrected chi connectivity index (χ4v) is 1.63. The van der Waals surface area contributed by atoms with Crippen molar-refractivity contribution in [2.75, 3.05) is 0 Å². The Hall–Kier alpha value is -1.77. The lowest BCUT2D eigenvalue weighted by Gasteiger charge is -2.03. The number of rotatable bonds is 2. The SMILES string of the molecule is CCc1ccc(-c2nc(C)nc(C)n2)cc1. The van der Waals surface area contributed by atoms with E-state index >= 15 is 0 Å². The Balaban J connectivity index is 2.42. The van der Waals surface area contributed by atoms with E-state index in [-0.39, 0.29) is 0 Å². The number of aryl methyl sites for hydroxylation is 3. The number of hydrogen-bond donors (Lipinski definition) is 0. The van der Waals surface area contributed by atoms with E-state index in [0.717, 1.165) is 29.5 Å². The molecule has 16 heavy (non-hydrogen) atoms. The van der Waals surface area contributed by atoms with Gasteiger partial charge < -0.3 is 0 Å². The molecule has 82 valence electrons. The average molecular weight is 213 g/mol. The Kier molecular flexibility index (Phi) is 2.95. The van der Waals surface area contributed by atoms with E-state index in [1.165, 1.54) is 5.56 Å². The molecule has 0 amide bonds. The Labute approximate surface area is 95.6 Å². The maximum absolute atomic E-state index is 4.34. The fourth-order valence-electron chi connectivity index (χ4n) is 1.63. The van der Waals surface area contributed by atoms with Crippen LogP contribution >= 0.6 is 0 Å². The standard InChI is InChI=1S/C13H15N3/c1-4-11-5-7-12(8-6-11)13-15-9(2)14-10(3)16-13/h5-8H,4H2,1-3H3. The molecule has 0 saturated carbocycles. The number of benzene rings is 1. The highest BCUT2D eigenvalue weighted by molar-refractivity contribution is 5.55. The van der Waals surface area contributed by atoms with Crippen LogP contribution in [0.1, 0.15) is 24.1 Å². The Morgan fingerprint density at radius 1 is 0.875 bits per heavy atom. The third-order valence-electron chi connectivity index (χ3n) is 2.48. The van der Waals surface area contributed by atoms with Gasteiger partial charge in [0.2, 0.25) is 0 Å². The zero-order valence-electron chi connectivity index (χ0n) is 9.86. The van der Waals surface area contributed by atoms with Gasteiger partial charge in [0, 0.05) is 5.56 Å². The Morgan fingerprint density at radius 3 is 1.94 bits per heavy atom. The molecule has 0 aliphatic heterocycles. The summed E-state index contributed by atoms with van der Waals surface area (Å²) >= 11 is 0. The van der Waals surface area contributed by atoms with Crippen LogP contribution in [-0.4, -0.2) is 15.0 Å². The summed E-state index contributed by atoms with van der Waals surface area (Å²) in [4.78, 5) is 12.8. The topological polar surface area (TPSA) is 38.7 Å². The molecule has 0 bridgehead atoms. The van der Waals surface area contributed by atoms with E-state index in [2.05, 4.69) is 46.1 Å². The molecular weight excluding hydrogens is 198 g/mol. The van der Waals surface area contributed by atoms with Crippen LogP contribution in [0.4, 0.5) is 0 Å². The van der Waals surface area contributed by atoms with Gasteiger partial charge in [0.1, 0.15) is 11.6 Å². The van der Waals surface area contributed by atoms with Crippen molar-refractivity contribution >= 4 is 0 Å². The molecule has 0 unspecified atom stereocenters. The van der Waals surface area contributed by atoms with Crippen LogP contribution in [0.3, 0.4) is 0 Å². The van der Waals surface area contributed by atoms with Crippen LogP contribution in [0.2, 0.25) is 0 Å². The van der Waals surface area contributed by atoms with E-state index in [4.69, 9.17) is 0 Å². The molecule has 2 rings (SSSR count). The summed E-state index contributed by atoms with van der Waals surface area (Å²) in [7, 11) is 0. The molecule has 0 fully saturated rings. The van der Waals surface area contributed by atoms with E-state index in [9.17, 15) is 0 Å². The van der Waals surface area contributed by atoms with Gasteiger partial charge in [-0.05, 0) is 25.8 Å². The van der Waals surface area contributed by atoms with Crippen molar-refractivity contribution in [3.8, 4) is 11.4 Å². The molecule has 0 saturated heterocycles. The zero-order chi connectivity index (χ0) is 11.5. The maximum Gasteiger partial charge on any atom is 0.163 e. The first-order valence-electron chi connectivity index (χ1n) is 5.47. The molecule has 1 aromatic heterocycles. The van der Waals surface area contributed by atoms with Crippen molar-refractivity contribution in [1.82, 2.24) is 15.0 Å². The second kappa shape index (κ2) is 4.39. The molecular formula is C13H15N3. The van der Waals surface area contributed by atoms with Crippen LogP contribution in [0.15, 0.2) is 24.3 Å². The molecule has 0 radical (unpaired) electrons. The molecule has 0 aliphatic rings. The second-order valence-electron chi connectivity index (χ2n) is 3.80. The monoisotopic (exact) mass is 213 g/mol. The molecule has 3 nitrogen and oxygen atoms in total. The number of hydrogen-bond acceptors (Lipinski definition) is 3. The van der Waals surface area contributed by atoms with Gasteiger partial charge in [-0.1, -0.05) is 31.2 Å². The zero-order valence-corrected chi connectivity index (χ0v) is 9.86. The maximum atomic E-state index is 4.34. The number of aromatic nitrogens is 3. The minimum atomic E-state index is 0.757. The van der Waals surface area contributed by atoms with E-state index in [1.54, 1.807) is 0 Å². The smallest absolute Gasteiger partial charge is 0.163 e. The van der Waals surface area contributed by atoms with E-state index in [0.29, 0.717) is 0 Å². The summed E-state index contributed by atoms with van der Waals surface area (Å²) in [6.45, 7) is 5.92. The predicted molar refractivity (Wildman–Crippen MR) is 64.1 cm³/mol. The molecule has 3 heteroatoms. The summed E-state index contributed by atoms with van der Waals surface area (Å²) in [6.07, 6.45) is 1.05. The minimum Gasteiger partial charge on any atom is -0.219 e. The highest BCUT2D eigenvalue weighted by Gasteiger charge is 2.03. The van der Waals surface area contributed by atoms with Crippen molar-refractivity contribution in [3.05, 3.63) is 41.5 Å². The quantitative estimate of drug-likeness (QED) is 0.770. The van der Waals surface area contributed by atoms with Gasteiger partial charge in [0.05, 0.1) is 0 Å². The van der Waals surface area contributed by atoms with Crippen LogP contribution in [0.25, 0.3) is 11.4 Å². The van der Waals surface area contributed by atoms with Gasteiger partial charge in [0.15, 0.2) is 5.82 Å². The third kappa shape index (κ3) is 2.24. The normalized spacial score (nSPS) is 10.4. The second-order valence-corrected chi connectivity index (χ2v) is 3.80. The number of nitrogens with zero attached hydrogens (tertiary/aromatic N) is 3. The average Bonchev–Trinajstić information content (AvgIpc) is 2.28. The summed E-state index contributed by atoms with van der Waals surface area (Å²) in [5, 5.41) is 0. The molecule has 1 heterocycles. The first-order chi connectivity index (χ1) is 7.69. The minimum absolute atomic E-state index is 0.757. The van der Waals surface area contributed by atoms with Crippen molar-refractivity contribution < 1.29 is 0 Å². The van der Waals surface area contributed by atoms with Gasteiger partial charge in [0.25, 0.3) is 0 Å². The summed E-state index contributed by atoms with van der Waals surface area (Å²) in [5.74, 6) is 2.29. The van der Waals surface area contributed by atoms with Gasteiger partial charge in [-0.25, -0.2) is 15.0 Å². The van der Waals surface area contributed by atoms with Crippen molar-refractivity contribution in [2.24, 2.45) is 0 Å². The van der Waals surface area contributed by atoms with Crippen molar-refractivity contribution in [2.45, 2.75) is 27.2 Å². The lowest BCUT2D eigenvalue weighted by molar-refractivity contribution is 0.928. The predicted octanol–water partition coefficient (Wildman–Crippen LogP) is 2.72. The van der Waals surface area contributed by atoms with Gasteiger partial charge in [-0.2, -0.15) is 0 Å². The highest BCUT2D eigenvalue weighted by atomic mass is 15.0. The first kappa shape index (κ1) is 10.7. The lowest BCUT2D eigenvalue weighted by atomic mass is 10.1. The summed E-state index contributed by atoms with van der Waals surface area (Å²) in [5.41, 5.74) is 2.37. The van der Waals surface area contributed by atoms with Crippen molar-refractivity contribution in [1.29, 1.82) is 0 Å². The first-order valence-corrected chi connectivity index (χ1v) is 5.47. The summed E-state index contributed by atoms with van der Waals surface area (Å²) in [6, 6.07) is 8.35. The molecule has 0 atom stereocenters. The van der Waals surface area contributed by atoms with E-state index < -0.39 is 0 Å².